The zero-order valence-electron chi connectivity index (χ0n) is 19.6. The molecule has 3 N–H and O–H groups in total. The van der Waals surface area contributed by atoms with Gasteiger partial charge in [0.1, 0.15) is 0 Å². The van der Waals surface area contributed by atoms with Crippen LogP contribution in [0.2, 0.25) is 5.02 Å². The molecule has 37 heavy (non-hydrogen) atoms. The van der Waals surface area contributed by atoms with E-state index >= 15 is 0 Å². The number of likely N-dealkylation sites (tertiary alicyclic amines) is 1. The van der Waals surface area contributed by atoms with Gasteiger partial charge < -0.3 is 20.2 Å². The number of rotatable bonds is 3. The molecule has 1 aliphatic rings. The predicted molar refractivity (Wildman–Crippen MR) is 132 cm³/mol. The summed E-state index contributed by atoms with van der Waals surface area (Å²) in [4.78, 5) is 23.6. The lowest BCUT2D eigenvalue weighted by Crippen LogP contribution is -2.37. The van der Waals surface area contributed by atoms with E-state index in [4.69, 9.17) is 31.7 Å². The number of carbonyl (C=O) groups is 2. The first-order valence-corrected chi connectivity index (χ1v) is 11.7. The van der Waals surface area contributed by atoms with Crippen molar-refractivity contribution in [3.63, 3.8) is 0 Å². The third-order valence-corrected chi connectivity index (χ3v) is 5.93. The summed E-state index contributed by atoms with van der Waals surface area (Å²) in [6.07, 6.45) is -3.21. The molecule has 4 rings (SSSR count). The second-order valence-electron chi connectivity index (χ2n) is 8.24. The van der Waals surface area contributed by atoms with Gasteiger partial charge in [0.2, 0.25) is 0 Å². The molecule has 1 aromatic heterocycles. The number of aliphatic carboxylic acids is 1. The summed E-state index contributed by atoms with van der Waals surface area (Å²) in [6.45, 7) is 1.97. The zero-order chi connectivity index (χ0) is 27.0. The number of hydrogen-bond donors (Lipinski definition) is 2. The van der Waals surface area contributed by atoms with Crippen LogP contribution in [0.15, 0.2) is 65.1 Å². The summed E-state index contributed by atoms with van der Waals surface area (Å²) in [7, 11) is 0. The molecule has 2 aromatic carbocycles. The van der Waals surface area contributed by atoms with Gasteiger partial charge in [0.05, 0.1) is 0 Å². The number of piperidine rings is 1. The minimum Gasteiger partial charge on any atom is -0.475 e. The zero-order valence-corrected chi connectivity index (χ0v) is 20.4. The van der Waals surface area contributed by atoms with Crippen LogP contribution in [0.5, 0.6) is 0 Å². The quantitative estimate of drug-likeness (QED) is 0.438. The number of carboxylic acid groups (broad SMARTS) is 1. The van der Waals surface area contributed by atoms with Crippen LogP contribution in [0.3, 0.4) is 0 Å². The Morgan fingerprint density at radius 1 is 1.05 bits per heavy atom. The monoisotopic (exact) mass is 532 g/mol. The van der Waals surface area contributed by atoms with Gasteiger partial charge in [-0.25, -0.2) is 4.79 Å². The van der Waals surface area contributed by atoms with E-state index in [9.17, 15) is 18.0 Å². The van der Waals surface area contributed by atoms with E-state index in [1.165, 1.54) is 5.56 Å². The third-order valence-electron chi connectivity index (χ3n) is 5.67. The molecule has 6 nitrogen and oxygen atoms in total. The number of nitrogens with two attached hydrogens (primary N) is 1. The second kappa shape index (κ2) is 12.5. The molecule has 2 heterocycles. The molecule has 0 unspecified atom stereocenters. The summed E-state index contributed by atoms with van der Waals surface area (Å²) in [5, 5.41) is 7.79. The second-order valence-corrected chi connectivity index (χ2v) is 8.68. The molecular weight excluding hydrogens is 509 g/mol. The lowest BCUT2D eigenvalue weighted by atomic mass is 9.88. The van der Waals surface area contributed by atoms with Crippen LogP contribution in [0.25, 0.3) is 0 Å². The third kappa shape index (κ3) is 8.13. The van der Waals surface area contributed by atoms with Gasteiger partial charge >= 0.3 is 12.1 Å². The number of carbonyl (C=O) groups excluding carboxylic acids is 1. The normalized spacial score (nSPS) is 13.7. The summed E-state index contributed by atoms with van der Waals surface area (Å²) < 4.78 is 37.4. The highest BCUT2D eigenvalue weighted by atomic mass is 35.5. The van der Waals surface area contributed by atoms with Crippen molar-refractivity contribution in [3.8, 4) is 11.8 Å². The van der Waals surface area contributed by atoms with Crippen LogP contribution in [0.1, 0.15) is 51.8 Å². The average Bonchev–Trinajstić information content (AvgIpc) is 3.37. The van der Waals surface area contributed by atoms with Crippen molar-refractivity contribution in [3.05, 3.63) is 93.9 Å². The van der Waals surface area contributed by atoms with Gasteiger partial charge in [-0.2, -0.15) is 13.2 Å². The minimum atomic E-state index is -5.08. The summed E-state index contributed by atoms with van der Waals surface area (Å²) in [6, 6.07) is 19.1. The van der Waals surface area contributed by atoms with E-state index in [-0.39, 0.29) is 5.91 Å². The van der Waals surface area contributed by atoms with Crippen molar-refractivity contribution in [2.24, 2.45) is 5.73 Å². The maximum Gasteiger partial charge on any atom is 0.490 e. The summed E-state index contributed by atoms with van der Waals surface area (Å²) in [5.41, 5.74) is 9.05. The lowest BCUT2D eigenvalue weighted by molar-refractivity contribution is -0.192. The minimum absolute atomic E-state index is 0.0799. The molecule has 0 spiro atoms. The highest BCUT2D eigenvalue weighted by Crippen LogP contribution is 2.29. The van der Waals surface area contributed by atoms with Crippen molar-refractivity contribution >= 4 is 23.5 Å². The van der Waals surface area contributed by atoms with Crippen molar-refractivity contribution in [1.29, 1.82) is 0 Å². The van der Waals surface area contributed by atoms with Crippen molar-refractivity contribution in [1.82, 2.24) is 4.90 Å². The molecule has 0 radical (unpaired) electrons. The van der Waals surface area contributed by atoms with Crippen LogP contribution >= 0.6 is 11.6 Å². The van der Waals surface area contributed by atoms with Crippen molar-refractivity contribution in [2.75, 3.05) is 13.1 Å². The number of furan rings is 1. The first-order valence-electron chi connectivity index (χ1n) is 11.3. The van der Waals surface area contributed by atoms with Crippen molar-refractivity contribution in [2.45, 2.75) is 31.5 Å². The van der Waals surface area contributed by atoms with Crippen LogP contribution in [0, 0.1) is 11.8 Å². The molecule has 0 atom stereocenters. The number of benzene rings is 2. The molecule has 1 fully saturated rings. The smallest absolute Gasteiger partial charge is 0.475 e. The number of hydrogen-bond acceptors (Lipinski definition) is 4. The maximum absolute atomic E-state index is 12.8. The molecule has 1 amide bonds. The Hall–Kier alpha value is -3.74. The molecule has 10 heteroatoms. The largest absolute Gasteiger partial charge is 0.490 e. The number of carboxylic acids is 1. The number of alkyl halides is 3. The Morgan fingerprint density at radius 2 is 1.70 bits per heavy atom. The fourth-order valence-corrected chi connectivity index (χ4v) is 3.86. The lowest BCUT2D eigenvalue weighted by Gasteiger charge is -2.31. The molecule has 1 aliphatic heterocycles. The first kappa shape index (κ1) is 27.8. The average molecular weight is 533 g/mol. The number of nitrogens with zero attached hydrogens (tertiary/aromatic N) is 1. The van der Waals surface area contributed by atoms with Gasteiger partial charge in [0.25, 0.3) is 5.91 Å². The van der Waals surface area contributed by atoms with Gasteiger partial charge in [-0.3, -0.25) is 4.79 Å². The van der Waals surface area contributed by atoms with Crippen molar-refractivity contribution < 1.29 is 32.3 Å². The van der Waals surface area contributed by atoms with E-state index < -0.39 is 12.1 Å². The Balaban J connectivity index is 0.000000479. The Morgan fingerprint density at radius 3 is 2.30 bits per heavy atom. The molecule has 194 valence electrons. The fraction of sp³-hybridized carbons (Fsp3) is 0.259. The highest BCUT2D eigenvalue weighted by Gasteiger charge is 2.38. The Kier molecular flexibility index (Phi) is 9.39. The van der Waals surface area contributed by atoms with Gasteiger partial charge in [-0.05, 0) is 72.2 Å². The SMILES string of the molecule is NCc1cccc(C2CCN(C(=O)c3ccc(C#Cc4ccc(Cl)cc4)o3)CC2)c1.O=C(O)C(F)(F)F. The first-order chi connectivity index (χ1) is 17.6. The Labute approximate surface area is 216 Å². The molecule has 1 saturated heterocycles. The van der Waals surface area contributed by atoms with E-state index in [0.717, 1.165) is 24.0 Å². The fourth-order valence-electron chi connectivity index (χ4n) is 3.73. The molecule has 0 aliphatic carbocycles. The Bertz CT molecular complexity index is 1290. The highest BCUT2D eigenvalue weighted by molar-refractivity contribution is 6.30. The molecule has 0 bridgehead atoms. The van der Waals surface area contributed by atoms with Gasteiger partial charge in [-0.1, -0.05) is 41.8 Å². The van der Waals surface area contributed by atoms with Gasteiger partial charge in [-0.15, -0.1) is 0 Å². The predicted octanol–water partition coefficient (Wildman–Crippen LogP) is 5.44. The van der Waals surface area contributed by atoms with E-state index in [1.54, 1.807) is 24.3 Å². The van der Waals surface area contributed by atoms with Gasteiger partial charge in [0.15, 0.2) is 11.5 Å². The van der Waals surface area contributed by atoms with E-state index in [0.29, 0.717) is 42.1 Å². The summed E-state index contributed by atoms with van der Waals surface area (Å²) >= 11 is 5.88. The summed E-state index contributed by atoms with van der Waals surface area (Å²) in [5.74, 6) is 4.40. The van der Waals surface area contributed by atoms with Gasteiger partial charge in [0, 0.05) is 30.2 Å². The number of halogens is 4. The molecule has 0 saturated carbocycles. The van der Waals surface area contributed by atoms with E-state index in [2.05, 4.69) is 30.0 Å². The van der Waals surface area contributed by atoms with Crippen LogP contribution in [0.4, 0.5) is 13.2 Å². The number of amides is 1. The van der Waals surface area contributed by atoms with E-state index in [1.807, 2.05) is 23.1 Å². The molecule has 3 aromatic rings. The van der Waals surface area contributed by atoms with Crippen LogP contribution in [-0.4, -0.2) is 41.1 Å². The molecular formula is C27H24ClF3N2O4. The standard InChI is InChI=1S/C25H23ClN2O2.C2HF3O2/c26-22-7-4-18(5-8-22)6-9-23-10-11-24(30-23)25(29)28-14-12-20(13-15-28)21-3-1-2-19(16-21)17-27;3-2(4,5)1(6)7/h1-5,7-8,10-11,16,20H,12-15,17,27H2;(H,6,7). The topological polar surface area (TPSA) is 96.8 Å². The van der Waals surface area contributed by atoms with Crippen LogP contribution in [-0.2, 0) is 11.3 Å². The maximum atomic E-state index is 12.8. The van der Waals surface area contributed by atoms with Crippen LogP contribution < -0.4 is 5.73 Å².